The van der Waals surface area contributed by atoms with E-state index in [2.05, 4.69) is 10.3 Å². The number of dihydropyridines is 1. The minimum Gasteiger partial charge on any atom is -0.463 e. The van der Waals surface area contributed by atoms with Gasteiger partial charge >= 0.3 is 17.9 Å². The van der Waals surface area contributed by atoms with E-state index < -0.39 is 23.8 Å². The molecule has 32 heavy (non-hydrogen) atoms. The molecular weight excluding hydrogens is 438 g/mol. The molecule has 2 aromatic heterocycles. The standard InChI is InChI=1S/C22H24ClN3O6/c1-5-30-20(27)17-12(3)24-13(4)18(21(28)31-6-2)19(17)22(29)32-11-15-10-26-9-14(23)7-8-16(26)25-15/h7-10,19,24H,5-6,11H2,1-4H3. The van der Waals surface area contributed by atoms with Crippen LogP contribution in [-0.4, -0.2) is 40.5 Å². The van der Waals surface area contributed by atoms with Crippen molar-refractivity contribution in [2.75, 3.05) is 13.2 Å². The molecule has 0 fully saturated rings. The number of allylic oxidation sites excluding steroid dienone is 2. The number of nitrogens with zero attached hydrogens (tertiary/aromatic N) is 2. The highest BCUT2D eigenvalue weighted by Crippen LogP contribution is 2.32. The van der Waals surface area contributed by atoms with E-state index in [-0.39, 0.29) is 31.0 Å². The molecule has 0 radical (unpaired) electrons. The SMILES string of the molecule is CCOC(=O)C1=C(C)NC(C)=C(C(=O)OCC)C1C(=O)OCc1cn2cc(Cl)ccc2n1. The van der Waals surface area contributed by atoms with E-state index in [0.29, 0.717) is 27.8 Å². The first kappa shape index (κ1) is 23.3. The summed E-state index contributed by atoms with van der Waals surface area (Å²) in [5.41, 5.74) is 1.93. The van der Waals surface area contributed by atoms with Gasteiger partial charge in [0.1, 0.15) is 18.2 Å². The van der Waals surface area contributed by atoms with Gasteiger partial charge in [0.15, 0.2) is 0 Å². The normalized spacial score (nSPS) is 14.4. The fraction of sp³-hybridized carbons (Fsp3) is 0.364. The quantitative estimate of drug-likeness (QED) is 0.495. The Hall–Kier alpha value is -3.33. The van der Waals surface area contributed by atoms with Gasteiger partial charge < -0.3 is 23.9 Å². The lowest BCUT2D eigenvalue weighted by atomic mass is 9.85. The zero-order valence-corrected chi connectivity index (χ0v) is 19.0. The van der Waals surface area contributed by atoms with Crippen LogP contribution in [0.3, 0.4) is 0 Å². The monoisotopic (exact) mass is 461 g/mol. The molecular formula is C22H24ClN3O6. The number of carbonyl (C=O) groups is 3. The second-order valence-electron chi connectivity index (χ2n) is 7.03. The third kappa shape index (κ3) is 4.77. The lowest BCUT2D eigenvalue weighted by molar-refractivity contribution is -0.152. The summed E-state index contributed by atoms with van der Waals surface area (Å²) in [4.78, 5) is 42.9. The lowest BCUT2D eigenvalue weighted by Crippen LogP contribution is -2.38. The largest absolute Gasteiger partial charge is 0.463 e. The van der Waals surface area contributed by atoms with Crippen LogP contribution in [-0.2, 0) is 35.2 Å². The molecule has 1 aliphatic rings. The average Bonchev–Trinajstić information content (AvgIpc) is 3.13. The third-order valence-corrected chi connectivity index (χ3v) is 5.04. The summed E-state index contributed by atoms with van der Waals surface area (Å²) < 4.78 is 17.4. The molecule has 0 atom stereocenters. The van der Waals surface area contributed by atoms with Gasteiger partial charge in [-0.3, -0.25) is 4.79 Å². The maximum atomic E-state index is 13.2. The highest BCUT2D eigenvalue weighted by Gasteiger charge is 2.42. The van der Waals surface area contributed by atoms with Crippen molar-refractivity contribution in [3.05, 3.63) is 57.8 Å². The molecule has 2 aromatic rings. The van der Waals surface area contributed by atoms with E-state index >= 15 is 0 Å². The predicted molar refractivity (Wildman–Crippen MR) is 115 cm³/mol. The molecule has 3 rings (SSSR count). The van der Waals surface area contributed by atoms with Gasteiger partial charge in [-0.1, -0.05) is 11.6 Å². The smallest absolute Gasteiger partial charge is 0.337 e. The first-order valence-electron chi connectivity index (χ1n) is 10.1. The van der Waals surface area contributed by atoms with Gasteiger partial charge in [-0.15, -0.1) is 0 Å². The van der Waals surface area contributed by atoms with Crippen molar-refractivity contribution in [2.45, 2.75) is 34.3 Å². The Balaban J connectivity index is 1.91. The molecule has 9 nitrogen and oxygen atoms in total. The Kier molecular flexibility index (Phi) is 7.19. The van der Waals surface area contributed by atoms with Crippen molar-refractivity contribution >= 4 is 35.2 Å². The average molecular weight is 462 g/mol. The van der Waals surface area contributed by atoms with Crippen LogP contribution in [0.5, 0.6) is 0 Å². The van der Waals surface area contributed by atoms with Crippen LogP contribution in [0.4, 0.5) is 0 Å². The van der Waals surface area contributed by atoms with E-state index in [1.165, 1.54) is 0 Å². The lowest BCUT2D eigenvalue weighted by Gasteiger charge is -2.28. The topological polar surface area (TPSA) is 108 Å². The summed E-state index contributed by atoms with van der Waals surface area (Å²) in [7, 11) is 0. The number of carbonyl (C=O) groups excluding carboxylic acids is 3. The summed E-state index contributed by atoms with van der Waals surface area (Å²) in [6, 6.07) is 3.43. The van der Waals surface area contributed by atoms with Crippen molar-refractivity contribution in [3.63, 3.8) is 0 Å². The number of nitrogens with one attached hydrogen (secondary N) is 1. The van der Waals surface area contributed by atoms with Crippen molar-refractivity contribution in [3.8, 4) is 0 Å². The number of halogens is 1. The number of ether oxygens (including phenoxy) is 3. The van der Waals surface area contributed by atoms with Crippen LogP contribution in [0, 0.1) is 5.92 Å². The maximum Gasteiger partial charge on any atom is 0.337 e. The van der Waals surface area contributed by atoms with Crippen molar-refractivity contribution in [2.24, 2.45) is 5.92 Å². The third-order valence-electron chi connectivity index (χ3n) is 4.81. The summed E-state index contributed by atoms with van der Waals surface area (Å²) in [5, 5.41) is 3.50. The fourth-order valence-electron chi connectivity index (χ4n) is 3.50. The number of hydrogen-bond donors (Lipinski definition) is 1. The van der Waals surface area contributed by atoms with Crippen LogP contribution in [0.1, 0.15) is 33.4 Å². The van der Waals surface area contributed by atoms with Crippen molar-refractivity contribution in [1.29, 1.82) is 0 Å². The van der Waals surface area contributed by atoms with Gasteiger partial charge in [-0.2, -0.15) is 0 Å². The molecule has 0 saturated heterocycles. The van der Waals surface area contributed by atoms with Crippen molar-refractivity contribution < 1.29 is 28.6 Å². The zero-order chi connectivity index (χ0) is 23.4. The Bertz CT molecular complexity index is 1090. The van der Waals surface area contributed by atoms with Crippen LogP contribution in [0.25, 0.3) is 5.65 Å². The molecule has 0 aromatic carbocycles. The first-order valence-corrected chi connectivity index (χ1v) is 10.5. The van der Waals surface area contributed by atoms with Gasteiger partial charge in [0, 0.05) is 23.8 Å². The predicted octanol–water partition coefficient (Wildman–Crippen LogP) is 2.92. The van der Waals surface area contributed by atoms with Gasteiger partial charge in [-0.25, -0.2) is 14.6 Å². The van der Waals surface area contributed by atoms with Crippen LogP contribution in [0.2, 0.25) is 5.02 Å². The molecule has 0 amide bonds. The molecule has 0 aliphatic carbocycles. The number of rotatable bonds is 7. The summed E-state index contributed by atoms with van der Waals surface area (Å²) in [6.45, 7) is 6.62. The fourth-order valence-corrected chi connectivity index (χ4v) is 3.67. The maximum absolute atomic E-state index is 13.2. The Labute approximate surface area is 190 Å². The second kappa shape index (κ2) is 9.86. The minimum absolute atomic E-state index is 0.00675. The van der Waals surface area contributed by atoms with Gasteiger partial charge in [-0.05, 0) is 39.8 Å². The van der Waals surface area contributed by atoms with E-state index in [1.54, 1.807) is 56.6 Å². The summed E-state index contributed by atoms with van der Waals surface area (Å²) >= 11 is 5.99. The van der Waals surface area contributed by atoms with Gasteiger partial charge in [0.25, 0.3) is 0 Å². The van der Waals surface area contributed by atoms with Crippen LogP contribution >= 0.6 is 11.6 Å². The van der Waals surface area contributed by atoms with E-state index in [0.717, 1.165) is 0 Å². The number of pyridine rings is 1. The number of fused-ring (bicyclic) bond motifs is 1. The molecule has 0 bridgehead atoms. The molecule has 1 N–H and O–H groups in total. The number of imidazole rings is 1. The molecule has 0 saturated carbocycles. The molecule has 0 spiro atoms. The zero-order valence-electron chi connectivity index (χ0n) is 18.2. The molecule has 1 aliphatic heterocycles. The van der Waals surface area contributed by atoms with Crippen molar-refractivity contribution in [1.82, 2.24) is 14.7 Å². The highest BCUT2D eigenvalue weighted by atomic mass is 35.5. The highest BCUT2D eigenvalue weighted by molar-refractivity contribution is 6.30. The Morgan fingerprint density at radius 2 is 1.59 bits per heavy atom. The second-order valence-corrected chi connectivity index (χ2v) is 7.47. The first-order chi connectivity index (χ1) is 15.3. The van der Waals surface area contributed by atoms with E-state index in [9.17, 15) is 14.4 Å². The minimum atomic E-state index is -1.29. The number of hydrogen-bond acceptors (Lipinski definition) is 8. The van der Waals surface area contributed by atoms with Gasteiger partial charge in [0.2, 0.25) is 0 Å². The number of esters is 3. The molecule has 0 unspecified atom stereocenters. The van der Waals surface area contributed by atoms with E-state index in [4.69, 9.17) is 25.8 Å². The van der Waals surface area contributed by atoms with Gasteiger partial charge in [0.05, 0.1) is 35.1 Å². The summed E-state index contributed by atoms with van der Waals surface area (Å²) in [5.74, 6) is -3.50. The Morgan fingerprint density at radius 3 is 2.16 bits per heavy atom. The number of aromatic nitrogens is 2. The summed E-state index contributed by atoms with van der Waals surface area (Å²) in [6.07, 6.45) is 3.36. The van der Waals surface area contributed by atoms with Crippen LogP contribution < -0.4 is 5.32 Å². The molecule has 10 heteroatoms. The van der Waals surface area contributed by atoms with Crippen LogP contribution in [0.15, 0.2) is 47.1 Å². The Morgan fingerprint density at radius 1 is 1.00 bits per heavy atom. The molecule has 3 heterocycles. The van der Waals surface area contributed by atoms with E-state index in [1.807, 2.05) is 0 Å². The molecule has 170 valence electrons.